The average Bonchev–Trinajstić information content (AvgIpc) is 2.52. The molecule has 1 unspecified atom stereocenters. The molecule has 0 saturated heterocycles. The van der Waals surface area contributed by atoms with Crippen molar-refractivity contribution in [1.29, 1.82) is 0 Å². The Balaban J connectivity index is 2.26. The Morgan fingerprint density at radius 3 is 2.79 bits per heavy atom. The van der Waals surface area contributed by atoms with Gasteiger partial charge in [0.15, 0.2) is 0 Å². The van der Waals surface area contributed by atoms with Gasteiger partial charge in [-0.2, -0.15) is 0 Å². The zero-order chi connectivity index (χ0) is 18.2. The number of carboxylic acid groups (broad SMARTS) is 1. The maximum absolute atomic E-state index is 10.9. The van der Waals surface area contributed by atoms with Crippen molar-refractivity contribution in [3.05, 3.63) is 28.8 Å². The van der Waals surface area contributed by atoms with Crippen molar-refractivity contribution in [2.45, 2.75) is 39.2 Å². The quantitative estimate of drug-likeness (QED) is 0.493. The highest BCUT2D eigenvalue weighted by Gasteiger charge is 2.32. The highest BCUT2D eigenvalue weighted by molar-refractivity contribution is 6.32. The molecular weight excluding hydrogens is 330 g/mol. The highest BCUT2D eigenvalue weighted by atomic mass is 35.5. The summed E-state index contributed by atoms with van der Waals surface area (Å²) in [6.45, 7) is 3.97. The predicted octanol–water partition coefficient (Wildman–Crippen LogP) is 2.83. The topological polar surface area (TPSA) is 92.8 Å². The van der Waals surface area contributed by atoms with Crippen LogP contribution in [0, 0.1) is 17.3 Å². The van der Waals surface area contributed by atoms with Crippen LogP contribution in [0.3, 0.4) is 0 Å². The van der Waals surface area contributed by atoms with Crippen LogP contribution in [0.4, 0.5) is 0 Å². The number of rotatable bonds is 8. The van der Waals surface area contributed by atoms with Crippen LogP contribution in [-0.2, 0) is 16.0 Å². The Labute approximate surface area is 147 Å². The lowest BCUT2D eigenvalue weighted by Gasteiger charge is -2.27. The number of aromatic hydroxyl groups is 1. The molecule has 0 aliphatic rings. The summed E-state index contributed by atoms with van der Waals surface area (Å²) in [7, 11) is 0. The van der Waals surface area contributed by atoms with E-state index in [4.69, 9.17) is 27.2 Å². The van der Waals surface area contributed by atoms with Crippen LogP contribution in [0.15, 0.2) is 18.2 Å². The van der Waals surface area contributed by atoms with Crippen LogP contribution in [0.5, 0.6) is 5.75 Å². The summed E-state index contributed by atoms with van der Waals surface area (Å²) in [6.07, 6.45) is 2.25. The van der Waals surface area contributed by atoms with Gasteiger partial charge in [0.05, 0.1) is 11.6 Å². The molecule has 1 rings (SSSR count). The summed E-state index contributed by atoms with van der Waals surface area (Å²) in [6, 6.07) is 4.23. The van der Waals surface area contributed by atoms with E-state index in [9.17, 15) is 9.90 Å². The highest BCUT2D eigenvalue weighted by Crippen LogP contribution is 2.27. The van der Waals surface area contributed by atoms with Crippen LogP contribution >= 0.6 is 11.6 Å². The number of aryl methyl sites for hydroxylation is 1. The van der Waals surface area contributed by atoms with Crippen molar-refractivity contribution >= 4 is 17.6 Å². The molecule has 0 aromatic heterocycles. The van der Waals surface area contributed by atoms with Gasteiger partial charge in [-0.05, 0) is 24.5 Å². The molecule has 24 heavy (non-hydrogen) atoms. The molecule has 0 aliphatic carbocycles. The number of halogens is 1. The maximum atomic E-state index is 10.9. The minimum absolute atomic E-state index is 0.0934. The van der Waals surface area contributed by atoms with E-state index in [1.165, 1.54) is 0 Å². The third-order valence-corrected chi connectivity index (χ3v) is 4.12. The monoisotopic (exact) mass is 353 g/mol. The number of ether oxygens (including phenoxy) is 1. The first-order valence-electron chi connectivity index (χ1n) is 7.74. The molecule has 1 aromatic carbocycles. The number of carboxylic acids is 1. The molecule has 132 valence electrons. The molecule has 6 heteroatoms. The smallest absolute Gasteiger partial charge is 0.321 e. The number of benzene rings is 1. The predicted molar refractivity (Wildman–Crippen MR) is 94.0 cm³/mol. The number of aliphatic carboxylic acids is 1. The fourth-order valence-corrected chi connectivity index (χ4v) is 2.28. The van der Waals surface area contributed by atoms with E-state index in [1.54, 1.807) is 26.0 Å². The third-order valence-electron chi connectivity index (χ3n) is 3.69. The first-order valence-corrected chi connectivity index (χ1v) is 8.11. The fraction of sp³-hybridized carbons (Fsp3) is 0.500. The summed E-state index contributed by atoms with van der Waals surface area (Å²) in [5, 5.41) is 18.8. The van der Waals surface area contributed by atoms with Crippen molar-refractivity contribution in [3.63, 3.8) is 0 Å². The van der Waals surface area contributed by atoms with Gasteiger partial charge in [-0.1, -0.05) is 43.5 Å². The number of phenolic OH excluding ortho intramolecular Hbond substituents is 1. The summed E-state index contributed by atoms with van der Waals surface area (Å²) < 4.78 is 5.40. The molecule has 1 aromatic rings. The first-order chi connectivity index (χ1) is 11.3. The molecular formula is C18H24ClNO4. The lowest BCUT2D eigenvalue weighted by molar-refractivity contribution is -0.142. The van der Waals surface area contributed by atoms with Crippen molar-refractivity contribution in [1.82, 2.24) is 0 Å². The number of hydrogen-bond acceptors (Lipinski definition) is 4. The number of phenols is 1. The lowest BCUT2D eigenvalue weighted by Crippen LogP contribution is -2.46. The molecule has 0 saturated carbocycles. The van der Waals surface area contributed by atoms with Crippen molar-refractivity contribution in [3.8, 4) is 17.6 Å². The maximum Gasteiger partial charge on any atom is 0.321 e. The first kappa shape index (κ1) is 20.3. The Kier molecular flexibility index (Phi) is 8.06. The van der Waals surface area contributed by atoms with Crippen LogP contribution in [0.2, 0.25) is 5.02 Å². The van der Waals surface area contributed by atoms with Gasteiger partial charge < -0.3 is 20.7 Å². The molecule has 1 atom stereocenters. The largest absolute Gasteiger partial charge is 0.506 e. The number of nitrogens with two attached hydrogens (primary N) is 1. The molecule has 5 nitrogen and oxygen atoms in total. The molecule has 0 fully saturated rings. The SMILES string of the molecule is CC(C)(COCC#CCCCc1cccc(O)c1Cl)C(N)C(=O)O. The van der Waals surface area contributed by atoms with Gasteiger partial charge in [0, 0.05) is 11.8 Å². The van der Waals surface area contributed by atoms with Crippen molar-refractivity contribution in [2.24, 2.45) is 11.1 Å². The van der Waals surface area contributed by atoms with Crippen molar-refractivity contribution < 1.29 is 19.7 Å². The third kappa shape index (κ3) is 6.40. The van der Waals surface area contributed by atoms with Crippen LogP contribution < -0.4 is 5.73 Å². The van der Waals surface area contributed by atoms with E-state index < -0.39 is 17.4 Å². The zero-order valence-electron chi connectivity index (χ0n) is 14.0. The lowest BCUT2D eigenvalue weighted by atomic mass is 9.86. The second kappa shape index (κ2) is 9.53. The number of carbonyl (C=O) groups is 1. The summed E-state index contributed by atoms with van der Waals surface area (Å²) >= 11 is 6.01. The summed E-state index contributed by atoms with van der Waals surface area (Å²) in [5.41, 5.74) is 5.86. The van der Waals surface area contributed by atoms with E-state index in [-0.39, 0.29) is 19.0 Å². The number of unbranched alkanes of at least 4 members (excludes halogenated alkanes) is 1. The molecule has 4 N–H and O–H groups in total. The minimum Gasteiger partial charge on any atom is -0.506 e. The van der Waals surface area contributed by atoms with Crippen LogP contribution in [-0.4, -0.2) is 35.4 Å². The number of hydrogen-bond donors (Lipinski definition) is 3. The Morgan fingerprint density at radius 2 is 2.12 bits per heavy atom. The van der Waals surface area contributed by atoms with Gasteiger partial charge in [0.2, 0.25) is 0 Å². The van der Waals surface area contributed by atoms with Gasteiger partial charge in [0.25, 0.3) is 0 Å². The Morgan fingerprint density at radius 1 is 1.42 bits per heavy atom. The van der Waals surface area contributed by atoms with E-state index in [2.05, 4.69) is 11.8 Å². The Hall–Kier alpha value is -1.74. The Bertz CT molecular complexity index is 619. The standard InChI is InChI=1S/C18H24ClNO4/c1-18(2,16(20)17(22)23)12-24-11-6-4-3-5-8-13-9-7-10-14(21)15(13)19/h7,9-10,16,21H,3,5,8,11-12,20H2,1-2H3,(H,22,23). The summed E-state index contributed by atoms with van der Waals surface area (Å²) in [5.74, 6) is 4.95. The second-order valence-electron chi connectivity index (χ2n) is 6.25. The summed E-state index contributed by atoms with van der Waals surface area (Å²) in [4.78, 5) is 10.9. The molecule has 0 heterocycles. The zero-order valence-corrected chi connectivity index (χ0v) is 14.8. The normalized spacial score (nSPS) is 12.3. The van der Waals surface area contributed by atoms with Gasteiger partial charge in [-0.25, -0.2) is 0 Å². The van der Waals surface area contributed by atoms with Gasteiger partial charge in [-0.3, -0.25) is 4.79 Å². The van der Waals surface area contributed by atoms with E-state index in [0.29, 0.717) is 11.4 Å². The minimum atomic E-state index is -1.04. The van der Waals surface area contributed by atoms with Crippen LogP contribution in [0.25, 0.3) is 0 Å². The second-order valence-corrected chi connectivity index (χ2v) is 6.63. The molecule has 0 amide bonds. The van der Waals surface area contributed by atoms with Gasteiger partial charge >= 0.3 is 5.97 Å². The fourth-order valence-electron chi connectivity index (χ4n) is 2.06. The van der Waals surface area contributed by atoms with Gasteiger partial charge in [0.1, 0.15) is 18.4 Å². The van der Waals surface area contributed by atoms with Crippen molar-refractivity contribution in [2.75, 3.05) is 13.2 Å². The molecule has 0 aliphatic heterocycles. The average molecular weight is 354 g/mol. The molecule has 0 radical (unpaired) electrons. The van der Waals surface area contributed by atoms with E-state index in [1.807, 2.05) is 6.07 Å². The van der Waals surface area contributed by atoms with Crippen LogP contribution in [0.1, 0.15) is 32.3 Å². The van der Waals surface area contributed by atoms with E-state index in [0.717, 1.165) is 18.4 Å². The van der Waals surface area contributed by atoms with Gasteiger partial charge in [-0.15, -0.1) is 5.92 Å². The van der Waals surface area contributed by atoms with E-state index >= 15 is 0 Å². The molecule has 0 bridgehead atoms. The molecule has 0 spiro atoms.